The van der Waals surface area contributed by atoms with Crippen molar-refractivity contribution >= 4 is 18.1 Å². The van der Waals surface area contributed by atoms with E-state index >= 15 is 0 Å². The molecule has 0 bridgehead atoms. The Labute approximate surface area is 138 Å². The summed E-state index contributed by atoms with van der Waals surface area (Å²) in [7, 11) is 1.85. The Morgan fingerprint density at radius 3 is 2.83 bits per heavy atom. The third-order valence-corrected chi connectivity index (χ3v) is 3.34. The molecule has 1 heterocycles. The lowest BCUT2D eigenvalue weighted by Gasteiger charge is -2.14. The highest BCUT2D eigenvalue weighted by Crippen LogP contribution is 2.20. The fourth-order valence-electron chi connectivity index (χ4n) is 2.11. The van der Waals surface area contributed by atoms with Crippen LogP contribution in [0.5, 0.6) is 0 Å². The third-order valence-electron chi connectivity index (χ3n) is 3.04. The second kappa shape index (κ2) is 7.47. The summed E-state index contributed by atoms with van der Waals surface area (Å²) in [4.78, 5) is 12.8. The number of likely N-dealkylation sites (N-methyl/N-ethyl adjacent to an activating group) is 1. The van der Waals surface area contributed by atoms with Gasteiger partial charge < -0.3 is 14.6 Å². The highest BCUT2D eigenvalue weighted by Gasteiger charge is 2.16. The quantitative estimate of drug-likeness (QED) is 0.771. The van der Waals surface area contributed by atoms with E-state index in [9.17, 15) is 9.18 Å². The number of hydrogen-bond acceptors (Lipinski definition) is 4. The third kappa shape index (κ3) is 4.70. The Morgan fingerprint density at radius 2 is 2.17 bits per heavy atom. The van der Waals surface area contributed by atoms with Gasteiger partial charge in [-0.15, -0.1) is 5.10 Å². The molecule has 0 radical (unpaired) electrons. The molecule has 0 saturated heterocycles. The molecule has 0 aliphatic rings. The van der Waals surface area contributed by atoms with E-state index in [1.54, 1.807) is 18.2 Å². The smallest absolute Gasteiger partial charge is 0.292 e. The van der Waals surface area contributed by atoms with Gasteiger partial charge in [-0.2, -0.15) is 4.68 Å². The zero-order valence-corrected chi connectivity index (χ0v) is 14.1. The topological polar surface area (TPSA) is 64.5 Å². The van der Waals surface area contributed by atoms with Crippen molar-refractivity contribution in [3.63, 3.8) is 0 Å². The van der Waals surface area contributed by atoms with Gasteiger partial charge in [-0.25, -0.2) is 4.39 Å². The lowest BCUT2D eigenvalue weighted by molar-refractivity contribution is -0.895. The van der Waals surface area contributed by atoms with Crippen LogP contribution in [-0.4, -0.2) is 35.3 Å². The molecule has 0 spiro atoms. The Kier molecular flexibility index (Phi) is 5.62. The normalized spacial score (nSPS) is 12.4. The zero-order chi connectivity index (χ0) is 17.0. The van der Waals surface area contributed by atoms with Gasteiger partial charge >= 0.3 is 0 Å². The van der Waals surface area contributed by atoms with Gasteiger partial charge in [0, 0.05) is 6.04 Å². The maximum atomic E-state index is 13.8. The number of carbonyl (C=O) groups excluding carboxylic acids is 1. The van der Waals surface area contributed by atoms with Gasteiger partial charge in [-0.1, -0.05) is 12.1 Å². The lowest BCUT2D eigenvalue weighted by atomic mass is 10.2. The first kappa shape index (κ1) is 17.3. The van der Waals surface area contributed by atoms with Gasteiger partial charge in [0.2, 0.25) is 5.89 Å². The van der Waals surface area contributed by atoms with E-state index in [0.717, 1.165) is 4.90 Å². The number of nitrogens with one attached hydrogen (secondary N) is 2. The molecule has 1 unspecified atom stereocenters. The maximum Gasteiger partial charge on any atom is 0.292 e. The highest BCUT2D eigenvalue weighted by molar-refractivity contribution is 7.71. The van der Waals surface area contributed by atoms with Crippen LogP contribution in [0.15, 0.2) is 28.7 Å². The summed E-state index contributed by atoms with van der Waals surface area (Å²) in [5.41, 5.74) is 0.257. The Morgan fingerprint density at radius 1 is 1.48 bits per heavy atom. The molecule has 2 rings (SSSR count). The molecule has 0 aliphatic carbocycles. The van der Waals surface area contributed by atoms with Crippen LogP contribution < -0.4 is 10.2 Å². The fraction of sp³-hybridized carbons (Fsp3) is 0.400. The monoisotopic (exact) mass is 339 g/mol. The minimum atomic E-state index is -0.423. The number of amides is 1. The number of quaternary nitrogens is 1. The molecule has 124 valence electrons. The standard InChI is InChI=1S/C15H19FN4O2S/c1-10(2)17-13(21)8-19(3)9-20-15(23)22-14(18-20)11-6-4-5-7-12(11)16/h4-7,10H,8-9H2,1-3H3,(H,17,21)/p+1. The van der Waals surface area contributed by atoms with Crippen molar-refractivity contribution < 1.29 is 18.5 Å². The van der Waals surface area contributed by atoms with Gasteiger partial charge in [0.25, 0.3) is 10.7 Å². The molecule has 6 nitrogen and oxygen atoms in total. The number of carbonyl (C=O) groups is 1. The van der Waals surface area contributed by atoms with Crippen molar-refractivity contribution in [3.8, 4) is 11.5 Å². The van der Waals surface area contributed by atoms with Gasteiger partial charge in [0.05, 0.1) is 12.6 Å². The zero-order valence-electron chi connectivity index (χ0n) is 13.3. The lowest BCUT2D eigenvalue weighted by Crippen LogP contribution is -3.09. The van der Waals surface area contributed by atoms with Crippen LogP contribution in [0, 0.1) is 10.7 Å². The number of rotatable bonds is 6. The van der Waals surface area contributed by atoms with Gasteiger partial charge in [-0.3, -0.25) is 4.79 Å². The molecule has 0 fully saturated rings. The van der Waals surface area contributed by atoms with Crippen molar-refractivity contribution in [2.24, 2.45) is 0 Å². The van der Waals surface area contributed by atoms with Gasteiger partial charge in [-0.05, 0) is 38.2 Å². The number of nitrogens with zero attached hydrogens (tertiary/aromatic N) is 2. The van der Waals surface area contributed by atoms with Crippen molar-refractivity contribution in [3.05, 3.63) is 34.9 Å². The summed E-state index contributed by atoms with van der Waals surface area (Å²) in [6, 6.07) is 6.30. The van der Waals surface area contributed by atoms with E-state index in [-0.39, 0.29) is 34.8 Å². The van der Waals surface area contributed by atoms with Crippen LogP contribution in [-0.2, 0) is 11.5 Å². The number of halogens is 1. The highest BCUT2D eigenvalue weighted by atomic mass is 32.1. The largest absolute Gasteiger partial charge is 0.409 e. The summed E-state index contributed by atoms with van der Waals surface area (Å²) >= 11 is 5.12. The van der Waals surface area contributed by atoms with Crippen molar-refractivity contribution in [1.29, 1.82) is 0 Å². The molecule has 8 heteroatoms. The second-order valence-corrected chi connectivity index (χ2v) is 6.02. The average molecular weight is 339 g/mol. The first-order chi connectivity index (χ1) is 10.9. The SMILES string of the molecule is CC(C)NC(=O)C[NH+](C)Cn1nc(-c2ccccc2F)oc1=S. The second-order valence-electron chi connectivity index (χ2n) is 5.67. The van der Waals surface area contributed by atoms with Crippen molar-refractivity contribution in [1.82, 2.24) is 15.1 Å². The predicted molar refractivity (Wildman–Crippen MR) is 85.8 cm³/mol. The van der Waals surface area contributed by atoms with Gasteiger partial charge in [0.15, 0.2) is 13.2 Å². The summed E-state index contributed by atoms with van der Waals surface area (Å²) in [6.07, 6.45) is 0. The predicted octanol–water partition coefficient (Wildman–Crippen LogP) is 1.01. The molecule has 1 atom stereocenters. The molecule has 0 aliphatic heterocycles. The van der Waals surface area contributed by atoms with Crippen molar-refractivity contribution in [2.75, 3.05) is 13.6 Å². The van der Waals surface area contributed by atoms with E-state index in [1.165, 1.54) is 10.7 Å². The molecular weight excluding hydrogens is 319 g/mol. The van der Waals surface area contributed by atoms with Crippen LogP contribution in [0.4, 0.5) is 4.39 Å². The average Bonchev–Trinajstić information content (AvgIpc) is 2.79. The molecule has 1 aromatic heterocycles. The number of hydrogen-bond donors (Lipinski definition) is 2. The van der Waals surface area contributed by atoms with Crippen LogP contribution in [0.3, 0.4) is 0 Å². The summed E-state index contributed by atoms with van der Waals surface area (Å²) in [6.45, 7) is 4.44. The molecule has 2 N–H and O–H groups in total. The van der Waals surface area contributed by atoms with Crippen LogP contribution in [0.2, 0.25) is 0 Å². The minimum absolute atomic E-state index is 0.0539. The summed E-state index contributed by atoms with van der Waals surface area (Å²) in [5.74, 6) is -0.345. The van der Waals surface area contributed by atoms with Crippen LogP contribution in [0.25, 0.3) is 11.5 Å². The Hall–Kier alpha value is -2.06. The van der Waals surface area contributed by atoms with E-state index in [4.69, 9.17) is 16.6 Å². The van der Waals surface area contributed by atoms with Crippen LogP contribution >= 0.6 is 12.2 Å². The van der Waals surface area contributed by atoms with E-state index in [2.05, 4.69) is 10.4 Å². The van der Waals surface area contributed by atoms with Crippen molar-refractivity contribution in [2.45, 2.75) is 26.6 Å². The Bertz CT molecular complexity index is 741. The van der Waals surface area contributed by atoms with E-state index in [0.29, 0.717) is 6.67 Å². The minimum Gasteiger partial charge on any atom is -0.409 e. The van der Waals surface area contributed by atoms with E-state index < -0.39 is 5.82 Å². The summed E-state index contributed by atoms with van der Waals surface area (Å²) < 4.78 is 20.6. The van der Waals surface area contributed by atoms with Gasteiger partial charge in [0.1, 0.15) is 5.82 Å². The maximum absolute atomic E-state index is 13.8. The molecular formula is C15H20FN4O2S+. The molecule has 0 saturated carbocycles. The molecule has 2 aromatic rings. The van der Waals surface area contributed by atoms with Crippen LogP contribution in [0.1, 0.15) is 13.8 Å². The molecule has 1 aromatic carbocycles. The Balaban J connectivity index is 2.09. The summed E-state index contributed by atoms with van der Waals surface area (Å²) in [5, 5.41) is 7.03. The molecule has 1 amide bonds. The first-order valence-electron chi connectivity index (χ1n) is 7.30. The molecule has 23 heavy (non-hydrogen) atoms. The number of benzene rings is 1. The number of aromatic nitrogens is 2. The fourth-order valence-corrected chi connectivity index (χ4v) is 2.29. The van der Waals surface area contributed by atoms with E-state index in [1.807, 2.05) is 20.9 Å². The first-order valence-corrected chi connectivity index (χ1v) is 7.71.